The van der Waals surface area contributed by atoms with Crippen LogP contribution in [-0.4, -0.2) is 56.1 Å². The molecule has 1 aliphatic rings. The molecule has 1 aliphatic heterocycles. The summed E-state index contributed by atoms with van der Waals surface area (Å²) in [6, 6.07) is 10.6. The lowest BCUT2D eigenvalue weighted by molar-refractivity contribution is -0.116. The molecule has 172 valence electrons. The smallest absolute Gasteiger partial charge is 0.254 e. The molecule has 1 heterocycles. The van der Waals surface area contributed by atoms with Gasteiger partial charge in [0.15, 0.2) is 0 Å². The number of piperidine rings is 1. The molecule has 1 fully saturated rings. The van der Waals surface area contributed by atoms with Crippen molar-refractivity contribution in [3.63, 3.8) is 0 Å². The van der Waals surface area contributed by atoms with Gasteiger partial charge >= 0.3 is 0 Å². The quantitative estimate of drug-likeness (QED) is 0.649. The van der Waals surface area contributed by atoms with Gasteiger partial charge in [-0.25, -0.2) is 8.42 Å². The van der Waals surface area contributed by atoms with E-state index < -0.39 is 21.8 Å². The zero-order valence-corrected chi connectivity index (χ0v) is 20.2. The van der Waals surface area contributed by atoms with Crippen LogP contribution in [0.2, 0.25) is 10.0 Å². The summed E-state index contributed by atoms with van der Waals surface area (Å²) in [4.78, 5) is 26.4. The zero-order valence-electron chi connectivity index (χ0n) is 17.8. The van der Waals surface area contributed by atoms with Gasteiger partial charge in [-0.15, -0.1) is 0 Å². The van der Waals surface area contributed by atoms with E-state index in [0.717, 1.165) is 12.8 Å². The molecular weight excluding hydrogens is 473 g/mol. The van der Waals surface area contributed by atoms with Crippen LogP contribution in [0.1, 0.15) is 30.1 Å². The molecule has 1 N–H and O–H groups in total. The maximum absolute atomic E-state index is 12.9. The van der Waals surface area contributed by atoms with Gasteiger partial charge in [0.25, 0.3) is 5.91 Å². The minimum absolute atomic E-state index is 0.150. The second kappa shape index (κ2) is 10.2. The Bertz CT molecular complexity index is 1090. The molecule has 0 unspecified atom stereocenters. The summed E-state index contributed by atoms with van der Waals surface area (Å²) in [5.41, 5.74) is 0.560. The predicted octanol–water partition coefficient (Wildman–Crippen LogP) is 4.12. The van der Waals surface area contributed by atoms with E-state index in [4.69, 9.17) is 23.2 Å². The molecule has 0 saturated carbocycles. The highest BCUT2D eigenvalue weighted by atomic mass is 35.5. The van der Waals surface area contributed by atoms with E-state index in [1.165, 1.54) is 40.5 Å². The highest BCUT2D eigenvalue weighted by Gasteiger charge is 2.29. The third-order valence-electron chi connectivity index (χ3n) is 5.31. The zero-order chi connectivity index (χ0) is 23.5. The Morgan fingerprint density at radius 2 is 1.75 bits per heavy atom. The third-order valence-corrected chi connectivity index (χ3v) is 7.82. The van der Waals surface area contributed by atoms with Crippen LogP contribution in [0.4, 0.5) is 5.69 Å². The van der Waals surface area contributed by atoms with Gasteiger partial charge in [-0.2, -0.15) is 4.31 Å². The molecule has 2 aromatic carbocycles. The van der Waals surface area contributed by atoms with Crippen LogP contribution in [0.25, 0.3) is 0 Å². The summed E-state index contributed by atoms with van der Waals surface area (Å²) in [6.07, 6.45) is 1.85. The van der Waals surface area contributed by atoms with Crippen molar-refractivity contribution in [2.45, 2.75) is 24.7 Å². The second-order valence-corrected chi connectivity index (χ2v) is 10.7. The number of benzene rings is 2. The first-order chi connectivity index (χ1) is 15.1. The Hall–Kier alpha value is -2.13. The Balaban J connectivity index is 1.65. The van der Waals surface area contributed by atoms with Gasteiger partial charge in [0.2, 0.25) is 15.9 Å². The predicted molar refractivity (Wildman–Crippen MR) is 126 cm³/mol. The van der Waals surface area contributed by atoms with E-state index in [-0.39, 0.29) is 22.7 Å². The molecule has 2 aromatic rings. The summed E-state index contributed by atoms with van der Waals surface area (Å²) < 4.78 is 27.3. The van der Waals surface area contributed by atoms with E-state index in [9.17, 15) is 18.0 Å². The van der Waals surface area contributed by atoms with Crippen molar-refractivity contribution in [3.05, 3.63) is 58.1 Å². The number of nitrogens with one attached hydrogen (secondary N) is 1. The van der Waals surface area contributed by atoms with E-state index in [2.05, 4.69) is 5.32 Å². The first-order valence-corrected chi connectivity index (χ1v) is 12.4. The molecule has 1 saturated heterocycles. The van der Waals surface area contributed by atoms with Crippen LogP contribution in [0, 0.1) is 5.92 Å². The second-order valence-electron chi connectivity index (χ2n) is 7.94. The van der Waals surface area contributed by atoms with Crippen LogP contribution in [-0.2, 0) is 14.8 Å². The van der Waals surface area contributed by atoms with Crippen molar-refractivity contribution in [1.82, 2.24) is 9.21 Å². The fourth-order valence-electron chi connectivity index (χ4n) is 3.59. The van der Waals surface area contributed by atoms with Gasteiger partial charge in [-0.05, 0) is 55.2 Å². The van der Waals surface area contributed by atoms with E-state index in [0.29, 0.717) is 29.1 Å². The molecule has 2 amide bonds. The number of carbonyl (C=O) groups is 2. The van der Waals surface area contributed by atoms with Crippen LogP contribution in [0.3, 0.4) is 0 Å². The van der Waals surface area contributed by atoms with Crippen molar-refractivity contribution in [3.8, 4) is 0 Å². The van der Waals surface area contributed by atoms with Crippen LogP contribution >= 0.6 is 23.2 Å². The molecule has 0 bridgehead atoms. The maximum atomic E-state index is 12.9. The summed E-state index contributed by atoms with van der Waals surface area (Å²) >= 11 is 12.1. The number of hydrogen-bond donors (Lipinski definition) is 1. The van der Waals surface area contributed by atoms with Gasteiger partial charge in [0.05, 0.1) is 27.2 Å². The standard InChI is InChI=1S/C22H25Cl2N3O4S/c1-15-5-4-12-27(13-15)32(30,31)17-10-8-16(9-11-17)22(29)26(2)14-20(28)25-21-18(23)6-3-7-19(21)24/h3,6-11,15H,4-5,12-14H2,1-2H3,(H,25,28)/t15-/m0/s1. The Kier molecular flexibility index (Phi) is 7.82. The lowest BCUT2D eigenvalue weighted by Crippen LogP contribution is -2.39. The Labute approximate surface area is 198 Å². The summed E-state index contributed by atoms with van der Waals surface area (Å²) in [5.74, 6) is -0.560. The van der Waals surface area contributed by atoms with Gasteiger partial charge in [-0.1, -0.05) is 36.2 Å². The maximum Gasteiger partial charge on any atom is 0.254 e. The number of rotatable bonds is 6. The van der Waals surface area contributed by atoms with E-state index in [1.807, 2.05) is 6.92 Å². The van der Waals surface area contributed by atoms with Crippen LogP contribution in [0.15, 0.2) is 47.4 Å². The largest absolute Gasteiger partial charge is 0.332 e. The number of anilines is 1. The third kappa shape index (κ3) is 5.61. The number of hydrogen-bond acceptors (Lipinski definition) is 4. The van der Waals surface area contributed by atoms with Crippen molar-refractivity contribution >= 4 is 50.7 Å². The number of likely N-dealkylation sites (N-methyl/N-ethyl adjacent to an activating group) is 1. The van der Waals surface area contributed by atoms with Crippen molar-refractivity contribution in [2.75, 3.05) is 32.0 Å². The number of sulfonamides is 1. The van der Waals surface area contributed by atoms with Gasteiger partial charge in [0, 0.05) is 25.7 Å². The monoisotopic (exact) mass is 497 g/mol. The molecule has 0 aliphatic carbocycles. The van der Waals surface area contributed by atoms with Crippen molar-refractivity contribution in [2.24, 2.45) is 5.92 Å². The van der Waals surface area contributed by atoms with Crippen LogP contribution < -0.4 is 5.32 Å². The number of amides is 2. The van der Waals surface area contributed by atoms with E-state index >= 15 is 0 Å². The molecular formula is C22H25Cl2N3O4S. The number of nitrogens with zero attached hydrogens (tertiary/aromatic N) is 2. The number of para-hydroxylation sites is 1. The first-order valence-electron chi connectivity index (χ1n) is 10.2. The minimum atomic E-state index is -3.60. The Morgan fingerprint density at radius 1 is 1.12 bits per heavy atom. The van der Waals surface area contributed by atoms with Gasteiger partial charge < -0.3 is 10.2 Å². The average molecular weight is 498 g/mol. The summed E-state index contributed by atoms with van der Waals surface area (Å²) in [7, 11) is -2.12. The lowest BCUT2D eigenvalue weighted by Gasteiger charge is -2.30. The van der Waals surface area contributed by atoms with Crippen molar-refractivity contribution in [1.29, 1.82) is 0 Å². The molecule has 0 radical (unpaired) electrons. The number of halogens is 2. The topological polar surface area (TPSA) is 86.8 Å². The Morgan fingerprint density at radius 3 is 2.34 bits per heavy atom. The minimum Gasteiger partial charge on any atom is -0.332 e. The van der Waals surface area contributed by atoms with Gasteiger partial charge in [-0.3, -0.25) is 9.59 Å². The van der Waals surface area contributed by atoms with Gasteiger partial charge in [0.1, 0.15) is 0 Å². The molecule has 10 heteroatoms. The van der Waals surface area contributed by atoms with Crippen LogP contribution in [0.5, 0.6) is 0 Å². The highest BCUT2D eigenvalue weighted by Crippen LogP contribution is 2.29. The lowest BCUT2D eigenvalue weighted by atomic mass is 10.0. The normalized spacial score (nSPS) is 17.1. The molecule has 7 nitrogen and oxygen atoms in total. The summed E-state index contributed by atoms with van der Waals surface area (Å²) in [6.45, 7) is 2.80. The highest BCUT2D eigenvalue weighted by molar-refractivity contribution is 7.89. The molecule has 32 heavy (non-hydrogen) atoms. The molecule has 0 spiro atoms. The molecule has 1 atom stereocenters. The van der Waals surface area contributed by atoms with Crippen molar-refractivity contribution < 1.29 is 18.0 Å². The molecule has 3 rings (SSSR count). The fraction of sp³-hybridized carbons (Fsp3) is 0.364. The first kappa shape index (κ1) is 24.5. The summed E-state index contributed by atoms with van der Waals surface area (Å²) in [5, 5.41) is 3.19. The number of carbonyl (C=O) groups excluding carboxylic acids is 2. The SMILES string of the molecule is C[C@H]1CCCN(S(=O)(=O)c2ccc(C(=O)N(C)CC(=O)Nc3c(Cl)cccc3Cl)cc2)C1. The van der Waals surface area contributed by atoms with E-state index in [1.54, 1.807) is 18.2 Å². The fourth-order valence-corrected chi connectivity index (χ4v) is 5.68. The molecule has 0 aromatic heterocycles. The average Bonchev–Trinajstić information content (AvgIpc) is 2.76.